The average molecular weight is 1490 g/mol. The van der Waals surface area contributed by atoms with E-state index >= 15 is 0 Å². The fourth-order valence-electron chi connectivity index (χ4n) is 8.87. The van der Waals surface area contributed by atoms with Crippen LogP contribution in [-0.4, -0.2) is 0 Å². The second-order valence-corrected chi connectivity index (χ2v) is 22.4. The molecule has 7 aromatic heterocycles. The van der Waals surface area contributed by atoms with Crippen LogP contribution in [-0.2, 0) is 11.8 Å². The zero-order valence-corrected chi connectivity index (χ0v) is 64.6. The van der Waals surface area contributed by atoms with E-state index in [1.807, 2.05) is 133 Å². The van der Waals surface area contributed by atoms with Crippen molar-refractivity contribution in [3.05, 3.63) is 248 Å². The Morgan fingerprint density at radius 2 is 0.716 bits per heavy atom. The van der Waals surface area contributed by atoms with Crippen LogP contribution in [0.4, 0.5) is 43.9 Å². The van der Waals surface area contributed by atoms with Gasteiger partial charge in [-0.2, -0.15) is 4.39 Å². The van der Waals surface area contributed by atoms with Crippen LogP contribution < -0.4 is 0 Å². The Bertz CT molecular complexity index is 4630. The summed E-state index contributed by atoms with van der Waals surface area (Å²) in [5.41, 5.74) is 7.85. The number of fused-ring (bicyclic) bond motifs is 7. The summed E-state index contributed by atoms with van der Waals surface area (Å²) in [6, 6.07) is 26.7. The molecule has 0 atom stereocenters. The molecule has 0 bridgehead atoms. The summed E-state index contributed by atoms with van der Waals surface area (Å²) < 4.78 is 163. The molecule has 7 aromatic carbocycles. The standard InChI is InChI=1S/C12H13ClO.C11H11ClO.C10H9ClO.3C9H6F2O.C8H2F4O.7C2H6/c1-12(2,3)9-6-8-4-5-14-11(8)10(13)7-9;1-7(2)9-5-8-3-4-13-11(8)10(12)6-9;1-2-7-5-8-3-4-12-10(8)9(11)6-7;1-5-7(10)4-8(11)6-2-3-12-9(5)6;1-5-8(11)7(10)4-6-2-3-12-9(5)6;1-5-4-7(10)8(11)6-2-3-12-9(5)6;9-4-3-1-2-13-8(3)7(12)6(11)5(4)10;7*1-2/h4-7H,1-3H3;3-7H,1-2H3;3-6H,2H2,1H3;3*2-4H,1H3;1-2H;7*1-2H3. The second-order valence-electron chi connectivity index (χ2n) is 21.2. The van der Waals surface area contributed by atoms with Gasteiger partial charge in [-0.25, -0.2) is 39.5 Å². The summed E-state index contributed by atoms with van der Waals surface area (Å²) in [7, 11) is 0. The van der Waals surface area contributed by atoms with Crippen molar-refractivity contribution in [2.45, 2.75) is 177 Å². The summed E-state index contributed by atoms with van der Waals surface area (Å²) >= 11 is 18.2. The van der Waals surface area contributed by atoms with Crippen molar-refractivity contribution in [3.8, 4) is 0 Å². The molecule has 0 aliphatic heterocycles. The molecule has 0 radical (unpaired) electrons. The number of aryl methyl sites for hydroxylation is 4. The number of furan rings is 7. The highest BCUT2D eigenvalue weighted by Gasteiger charge is 2.23. The Hall–Kier alpha value is -8.51. The molecule has 14 aromatic rings. The van der Waals surface area contributed by atoms with E-state index in [0.717, 1.165) is 69.9 Å². The van der Waals surface area contributed by atoms with Gasteiger partial charge in [0.2, 0.25) is 11.6 Å². The summed E-state index contributed by atoms with van der Waals surface area (Å²) in [6.07, 6.45) is 11.1. The van der Waals surface area contributed by atoms with E-state index in [9.17, 15) is 43.9 Å². The molecule has 0 aliphatic rings. The maximum atomic E-state index is 13.0. The van der Waals surface area contributed by atoms with Crippen molar-refractivity contribution >= 4 is 112 Å². The number of rotatable bonds is 2. The van der Waals surface area contributed by atoms with Gasteiger partial charge >= 0.3 is 0 Å². The van der Waals surface area contributed by atoms with Gasteiger partial charge in [0.25, 0.3) is 0 Å². The Balaban J connectivity index is 0.000000578. The van der Waals surface area contributed by atoms with Gasteiger partial charge in [-0.1, -0.05) is 173 Å². The highest BCUT2D eigenvalue weighted by atomic mass is 35.5. The Morgan fingerprint density at radius 3 is 1.21 bits per heavy atom. The van der Waals surface area contributed by atoms with Gasteiger partial charge in [0, 0.05) is 38.7 Å². The van der Waals surface area contributed by atoms with Gasteiger partial charge < -0.3 is 30.9 Å². The lowest BCUT2D eigenvalue weighted by atomic mass is 9.86. The molecule has 14 rings (SSSR count). The molecule has 0 N–H and O–H groups in total. The zero-order chi connectivity index (χ0) is 78.1. The molecule has 20 heteroatoms. The lowest BCUT2D eigenvalue weighted by Gasteiger charge is -2.19. The van der Waals surface area contributed by atoms with Crippen molar-refractivity contribution in [2.75, 3.05) is 0 Å². The van der Waals surface area contributed by atoms with E-state index < -0.39 is 69.1 Å². The van der Waals surface area contributed by atoms with Crippen LogP contribution >= 0.6 is 34.8 Å². The highest BCUT2D eigenvalue weighted by molar-refractivity contribution is 6.35. The molecular weight excluding hydrogens is 1390 g/mol. The molecular formula is C82H95Cl3F10O7. The van der Waals surface area contributed by atoms with Gasteiger partial charge in [-0.15, -0.1) is 0 Å². The third-order valence-corrected chi connectivity index (χ3v) is 14.6. The molecule has 7 nitrogen and oxygen atoms in total. The van der Waals surface area contributed by atoms with E-state index in [1.54, 1.807) is 38.7 Å². The van der Waals surface area contributed by atoms with Crippen molar-refractivity contribution in [3.63, 3.8) is 0 Å². The van der Waals surface area contributed by atoms with E-state index in [4.69, 9.17) is 61.3 Å². The molecule has 0 saturated carbocycles. The Labute approximate surface area is 607 Å². The Morgan fingerprint density at radius 1 is 0.333 bits per heavy atom. The van der Waals surface area contributed by atoms with E-state index in [-0.39, 0.29) is 21.9 Å². The van der Waals surface area contributed by atoms with Crippen molar-refractivity contribution in [2.24, 2.45) is 0 Å². The van der Waals surface area contributed by atoms with Crippen LogP contribution in [0.25, 0.3) is 76.8 Å². The minimum absolute atomic E-state index is 0.120. The van der Waals surface area contributed by atoms with Gasteiger partial charge in [-0.05, 0) is 152 Å². The second kappa shape index (κ2) is 45.5. The van der Waals surface area contributed by atoms with Crippen LogP contribution in [0.1, 0.15) is 178 Å². The van der Waals surface area contributed by atoms with Crippen molar-refractivity contribution < 1.29 is 74.8 Å². The van der Waals surface area contributed by atoms with Gasteiger partial charge in [0.15, 0.2) is 57.2 Å². The van der Waals surface area contributed by atoms with E-state index in [1.165, 1.54) is 54.5 Å². The lowest BCUT2D eigenvalue weighted by Crippen LogP contribution is -2.10. The van der Waals surface area contributed by atoms with Crippen molar-refractivity contribution in [1.29, 1.82) is 0 Å². The number of hydrogen-bond acceptors (Lipinski definition) is 7. The third kappa shape index (κ3) is 23.8. The van der Waals surface area contributed by atoms with Crippen LogP contribution in [0.15, 0.2) is 172 Å². The molecule has 0 saturated heterocycles. The summed E-state index contributed by atoms with van der Waals surface area (Å²) in [6.45, 7) is 45.6. The van der Waals surface area contributed by atoms with E-state index in [2.05, 4.69) is 64.2 Å². The first-order valence-electron chi connectivity index (χ1n) is 33.8. The first-order chi connectivity index (χ1) is 48.7. The molecule has 0 amide bonds. The minimum atomic E-state index is -1.86. The number of hydrogen-bond donors (Lipinski definition) is 0. The predicted molar refractivity (Wildman–Crippen MR) is 404 cm³/mol. The fraction of sp³-hybridized carbons (Fsp3) is 0.317. The molecule has 7 heterocycles. The Kier molecular flexibility index (Phi) is 40.8. The molecule has 102 heavy (non-hydrogen) atoms. The van der Waals surface area contributed by atoms with Gasteiger partial charge in [0.05, 0.1) is 75.1 Å². The van der Waals surface area contributed by atoms with Crippen LogP contribution in [0, 0.1) is 78.9 Å². The molecule has 556 valence electrons. The molecule has 0 fully saturated rings. The highest BCUT2D eigenvalue weighted by Crippen LogP contribution is 2.34. The molecule has 0 aliphatic carbocycles. The maximum Gasteiger partial charge on any atom is 0.205 e. The summed E-state index contributed by atoms with van der Waals surface area (Å²) in [5, 5.41) is 6.04. The minimum Gasteiger partial charge on any atom is -0.464 e. The summed E-state index contributed by atoms with van der Waals surface area (Å²) in [4.78, 5) is 0. The van der Waals surface area contributed by atoms with E-state index in [0.29, 0.717) is 54.1 Å². The number of benzene rings is 7. The number of halogens is 13. The SMILES string of the molecule is CC.CC.CC.CC.CC.CC.CC.CC(C)(C)c1cc(Cl)c2occc2c1.CC(C)c1cc(Cl)c2occc2c1.CCc1cc(Cl)c2occc2c1.Cc1c(F)c(F)cc2ccoc12.Cc1c(F)cc(F)c2ccoc12.Cc1cc(F)c(F)c2ccoc12.Fc1c(F)c(F)c2occc2c1F. The average Bonchev–Trinajstić information content (AvgIpc) is 1.57. The predicted octanol–water partition coefficient (Wildman–Crippen LogP) is 31.5. The largest absolute Gasteiger partial charge is 0.464 e. The lowest BCUT2D eigenvalue weighted by molar-refractivity contribution is 0.410. The van der Waals surface area contributed by atoms with Crippen molar-refractivity contribution in [1.82, 2.24) is 0 Å². The fourth-order valence-corrected chi connectivity index (χ4v) is 9.72. The monoisotopic (exact) mass is 1490 g/mol. The first kappa shape index (κ1) is 91.5. The smallest absolute Gasteiger partial charge is 0.205 e. The van der Waals surface area contributed by atoms with Gasteiger partial charge in [-0.3, -0.25) is 0 Å². The summed E-state index contributed by atoms with van der Waals surface area (Å²) in [5.74, 6) is -10.6. The topological polar surface area (TPSA) is 92.0 Å². The zero-order valence-electron chi connectivity index (χ0n) is 62.3. The first-order valence-corrected chi connectivity index (χ1v) is 35.0. The molecule has 0 spiro atoms. The normalized spacial score (nSPS) is 10.1. The quantitative estimate of drug-likeness (QED) is 0.0967. The van der Waals surface area contributed by atoms with Crippen LogP contribution in [0.3, 0.4) is 0 Å². The maximum absolute atomic E-state index is 13.0. The molecule has 0 unspecified atom stereocenters. The van der Waals surface area contributed by atoms with Gasteiger partial charge in [0.1, 0.15) is 28.4 Å². The van der Waals surface area contributed by atoms with Crippen LogP contribution in [0.5, 0.6) is 0 Å². The van der Waals surface area contributed by atoms with Crippen LogP contribution in [0.2, 0.25) is 15.1 Å². The third-order valence-electron chi connectivity index (χ3n) is 13.8.